The van der Waals surface area contributed by atoms with Crippen molar-refractivity contribution in [2.45, 2.75) is 51.4 Å². The zero-order valence-electron chi connectivity index (χ0n) is 14.8. The van der Waals surface area contributed by atoms with Crippen LogP contribution >= 0.6 is 0 Å². The maximum atomic E-state index is 5.61. The van der Waals surface area contributed by atoms with Crippen LogP contribution in [0.4, 0.5) is 0 Å². The molecule has 3 atom stereocenters. The van der Waals surface area contributed by atoms with Crippen LogP contribution in [0.2, 0.25) is 0 Å². The van der Waals surface area contributed by atoms with Crippen molar-refractivity contribution in [1.82, 2.24) is 4.90 Å². The number of hydrogen-bond acceptors (Lipinski definition) is 2. The number of ether oxygens (including phenoxy) is 1. The Morgan fingerprint density at radius 1 is 1.09 bits per heavy atom. The normalized spacial score (nSPS) is 31.7. The predicted molar refractivity (Wildman–Crippen MR) is 95.1 cm³/mol. The summed E-state index contributed by atoms with van der Waals surface area (Å²) in [7, 11) is 1.80. The third-order valence-corrected chi connectivity index (χ3v) is 6.79. The molecule has 1 aromatic carbocycles. The molecule has 0 aromatic heterocycles. The SMILES string of the molecule is COc1ccc(C)cc1C1CCN(CC2C[C@H]3CC[C@H]2C3)CC1. The fourth-order valence-corrected chi connectivity index (χ4v) is 5.53. The molecule has 0 amide bonds. The lowest BCUT2D eigenvalue weighted by Crippen LogP contribution is -2.37. The zero-order valence-corrected chi connectivity index (χ0v) is 14.8. The molecule has 4 rings (SSSR count). The quantitative estimate of drug-likeness (QED) is 0.804. The molecule has 3 fully saturated rings. The summed E-state index contributed by atoms with van der Waals surface area (Å²) < 4.78 is 5.61. The van der Waals surface area contributed by atoms with Gasteiger partial charge in [-0.1, -0.05) is 24.1 Å². The molecule has 2 bridgehead atoms. The molecule has 3 aliphatic rings. The van der Waals surface area contributed by atoms with Gasteiger partial charge in [-0.2, -0.15) is 0 Å². The maximum Gasteiger partial charge on any atom is 0.122 e. The van der Waals surface area contributed by atoms with Crippen LogP contribution in [0, 0.1) is 24.7 Å². The molecule has 1 unspecified atom stereocenters. The third-order valence-electron chi connectivity index (χ3n) is 6.79. The largest absolute Gasteiger partial charge is 0.496 e. The van der Waals surface area contributed by atoms with Gasteiger partial charge in [0.15, 0.2) is 0 Å². The summed E-state index contributed by atoms with van der Waals surface area (Å²) in [4.78, 5) is 2.75. The number of fused-ring (bicyclic) bond motifs is 2. The third kappa shape index (κ3) is 3.15. The molecule has 23 heavy (non-hydrogen) atoms. The molecule has 2 saturated carbocycles. The Bertz CT molecular complexity index is 547. The molecular weight excluding hydrogens is 282 g/mol. The summed E-state index contributed by atoms with van der Waals surface area (Å²) in [6.45, 7) is 6.11. The van der Waals surface area contributed by atoms with Gasteiger partial charge in [-0.3, -0.25) is 0 Å². The summed E-state index contributed by atoms with van der Waals surface area (Å²) in [5.74, 6) is 4.93. The minimum Gasteiger partial charge on any atom is -0.496 e. The van der Waals surface area contributed by atoms with E-state index < -0.39 is 0 Å². The number of methoxy groups -OCH3 is 1. The summed E-state index contributed by atoms with van der Waals surface area (Å²) in [6.07, 6.45) is 8.70. The second kappa shape index (κ2) is 6.47. The Hall–Kier alpha value is -1.02. The first kappa shape index (κ1) is 15.5. The Kier molecular flexibility index (Phi) is 4.36. The van der Waals surface area contributed by atoms with Crippen molar-refractivity contribution in [2.24, 2.45) is 17.8 Å². The van der Waals surface area contributed by atoms with Crippen LogP contribution < -0.4 is 4.74 Å². The van der Waals surface area contributed by atoms with Crippen LogP contribution in [0.5, 0.6) is 5.75 Å². The Labute approximate surface area is 141 Å². The number of aryl methyl sites for hydroxylation is 1. The van der Waals surface area contributed by atoms with Crippen molar-refractivity contribution in [2.75, 3.05) is 26.7 Å². The number of piperidine rings is 1. The van der Waals surface area contributed by atoms with Gasteiger partial charge in [0.1, 0.15) is 5.75 Å². The van der Waals surface area contributed by atoms with E-state index in [0.717, 1.165) is 23.5 Å². The van der Waals surface area contributed by atoms with Crippen LogP contribution in [-0.4, -0.2) is 31.6 Å². The van der Waals surface area contributed by atoms with Crippen LogP contribution in [0.25, 0.3) is 0 Å². The number of likely N-dealkylation sites (tertiary alicyclic amines) is 1. The van der Waals surface area contributed by atoms with E-state index in [1.54, 1.807) is 13.5 Å². The molecule has 1 heterocycles. The van der Waals surface area contributed by atoms with E-state index >= 15 is 0 Å². The number of rotatable bonds is 4. The second-order valence-electron chi connectivity index (χ2n) is 8.26. The smallest absolute Gasteiger partial charge is 0.122 e. The van der Waals surface area contributed by atoms with Crippen LogP contribution in [0.1, 0.15) is 55.6 Å². The highest BCUT2D eigenvalue weighted by Crippen LogP contribution is 2.48. The standard InChI is InChI=1S/C21H31NO/c1-15-3-6-21(23-2)20(11-15)17-7-9-22(10-8-17)14-19-13-16-4-5-18(19)12-16/h3,6,11,16-19H,4-5,7-10,12-14H2,1-2H3/t16-,18-,19?/m0/s1. The molecule has 2 nitrogen and oxygen atoms in total. The van der Waals surface area contributed by atoms with Crippen LogP contribution in [0.15, 0.2) is 18.2 Å². The average molecular weight is 313 g/mol. The monoisotopic (exact) mass is 313 g/mol. The highest BCUT2D eigenvalue weighted by Gasteiger charge is 2.40. The zero-order chi connectivity index (χ0) is 15.8. The molecule has 0 radical (unpaired) electrons. The molecule has 126 valence electrons. The average Bonchev–Trinajstić information content (AvgIpc) is 3.18. The molecule has 1 aliphatic heterocycles. The van der Waals surface area contributed by atoms with E-state index in [-0.39, 0.29) is 0 Å². The fraction of sp³-hybridized carbons (Fsp3) is 0.714. The van der Waals surface area contributed by atoms with Crippen molar-refractivity contribution >= 4 is 0 Å². The van der Waals surface area contributed by atoms with Gasteiger partial charge in [0.05, 0.1) is 7.11 Å². The summed E-state index contributed by atoms with van der Waals surface area (Å²) in [6, 6.07) is 6.65. The predicted octanol–water partition coefficient (Wildman–Crippen LogP) is 4.62. The Morgan fingerprint density at radius 3 is 2.57 bits per heavy atom. The molecule has 1 saturated heterocycles. The van der Waals surface area contributed by atoms with E-state index in [0.29, 0.717) is 5.92 Å². The van der Waals surface area contributed by atoms with E-state index in [4.69, 9.17) is 4.74 Å². The van der Waals surface area contributed by atoms with E-state index in [9.17, 15) is 0 Å². The van der Waals surface area contributed by atoms with Crippen molar-refractivity contribution in [3.8, 4) is 5.75 Å². The lowest BCUT2D eigenvalue weighted by Gasteiger charge is -2.36. The van der Waals surface area contributed by atoms with Crippen molar-refractivity contribution in [1.29, 1.82) is 0 Å². The van der Waals surface area contributed by atoms with E-state index in [1.165, 1.54) is 62.9 Å². The molecule has 0 spiro atoms. The molecule has 1 aromatic rings. The minimum atomic E-state index is 0.682. The minimum absolute atomic E-state index is 0.682. The molecule has 0 N–H and O–H groups in total. The number of nitrogens with zero attached hydrogens (tertiary/aromatic N) is 1. The van der Waals surface area contributed by atoms with E-state index in [1.807, 2.05) is 0 Å². The Balaban J connectivity index is 1.35. The first-order chi connectivity index (χ1) is 11.2. The van der Waals surface area contributed by atoms with Gasteiger partial charge in [-0.15, -0.1) is 0 Å². The van der Waals surface area contributed by atoms with Gasteiger partial charge in [-0.25, -0.2) is 0 Å². The molecular formula is C21H31NO. The molecule has 2 aliphatic carbocycles. The highest BCUT2D eigenvalue weighted by atomic mass is 16.5. The summed E-state index contributed by atoms with van der Waals surface area (Å²) in [5.41, 5.74) is 2.79. The lowest BCUT2D eigenvalue weighted by atomic mass is 9.85. The lowest BCUT2D eigenvalue weighted by molar-refractivity contribution is 0.155. The second-order valence-corrected chi connectivity index (χ2v) is 8.26. The van der Waals surface area contributed by atoms with Crippen molar-refractivity contribution in [3.05, 3.63) is 29.3 Å². The van der Waals surface area contributed by atoms with Crippen LogP contribution in [0.3, 0.4) is 0 Å². The van der Waals surface area contributed by atoms with Crippen molar-refractivity contribution < 1.29 is 4.74 Å². The van der Waals surface area contributed by atoms with Gasteiger partial charge in [0, 0.05) is 6.54 Å². The highest BCUT2D eigenvalue weighted by molar-refractivity contribution is 5.39. The first-order valence-electron chi connectivity index (χ1n) is 9.60. The summed E-state index contributed by atoms with van der Waals surface area (Å²) >= 11 is 0. The van der Waals surface area contributed by atoms with Gasteiger partial charge in [0.25, 0.3) is 0 Å². The topological polar surface area (TPSA) is 12.5 Å². The Morgan fingerprint density at radius 2 is 1.91 bits per heavy atom. The molecule has 2 heteroatoms. The number of hydrogen-bond donors (Lipinski definition) is 0. The van der Waals surface area contributed by atoms with E-state index in [2.05, 4.69) is 30.0 Å². The first-order valence-corrected chi connectivity index (χ1v) is 9.60. The fourth-order valence-electron chi connectivity index (χ4n) is 5.53. The van der Waals surface area contributed by atoms with Crippen LogP contribution in [-0.2, 0) is 0 Å². The number of benzene rings is 1. The van der Waals surface area contributed by atoms with Gasteiger partial charge >= 0.3 is 0 Å². The van der Waals surface area contributed by atoms with Gasteiger partial charge in [0.2, 0.25) is 0 Å². The van der Waals surface area contributed by atoms with Crippen molar-refractivity contribution in [3.63, 3.8) is 0 Å². The maximum absolute atomic E-state index is 5.61. The van der Waals surface area contributed by atoms with Gasteiger partial charge < -0.3 is 9.64 Å². The van der Waals surface area contributed by atoms with Gasteiger partial charge in [-0.05, 0) is 87.4 Å². The summed E-state index contributed by atoms with van der Waals surface area (Å²) in [5, 5.41) is 0.